The van der Waals surface area contributed by atoms with Crippen LogP contribution in [-0.4, -0.2) is 15.4 Å². The number of nitrogens with zero attached hydrogens (tertiary/aromatic N) is 1. The van der Waals surface area contributed by atoms with Crippen molar-refractivity contribution in [3.8, 4) is 0 Å². The molecule has 0 spiro atoms. The van der Waals surface area contributed by atoms with Crippen molar-refractivity contribution < 1.29 is 4.79 Å². The Balaban J connectivity index is 2.45. The summed E-state index contributed by atoms with van der Waals surface area (Å²) < 4.78 is 2.22. The Morgan fingerprint density at radius 3 is 2.40 bits per heavy atom. The highest BCUT2D eigenvalue weighted by atomic mass is 32.2. The number of hydrogen-bond acceptors (Lipinski definition) is 2. The zero-order chi connectivity index (χ0) is 11.4. The van der Waals surface area contributed by atoms with E-state index in [4.69, 9.17) is 0 Å². The topological polar surface area (TPSA) is 22.0 Å². The van der Waals surface area contributed by atoms with Crippen LogP contribution < -0.4 is 0 Å². The molecule has 1 aromatic heterocycles. The molecule has 1 heterocycles. The molecule has 82 valence electrons. The van der Waals surface area contributed by atoms with E-state index in [9.17, 15) is 4.79 Å². The Bertz CT molecular complexity index is 359. The van der Waals surface area contributed by atoms with Gasteiger partial charge in [0, 0.05) is 23.7 Å². The maximum absolute atomic E-state index is 11.3. The first-order chi connectivity index (χ1) is 7.02. The first kappa shape index (κ1) is 12.1. The molecule has 0 saturated carbocycles. The maximum Gasteiger partial charge on any atom is 0.214 e. The van der Waals surface area contributed by atoms with Gasteiger partial charge in [0.15, 0.2) is 0 Å². The Labute approximate surface area is 95.4 Å². The molecule has 0 N–H and O–H groups in total. The third-order valence-corrected chi connectivity index (χ3v) is 3.31. The Morgan fingerprint density at radius 1 is 1.40 bits per heavy atom. The molecule has 1 rings (SSSR count). The second kappa shape index (κ2) is 5.21. The van der Waals surface area contributed by atoms with E-state index in [2.05, 4.69) is 37.1 Å². The fourth-order valence-corrected chi connectivity index (χ4v) is 2.11. The fourth-order valence-electron chi connectivity index (χ4n) is 1.40. The van der Waals surface area contributed by atoms with Crippen molar-refractivity contribution in [1.82, 2.24) is 4.57 Å². The highest BCUT2D eigenvalue weighted by Crippen LogP contribution is 2.12. The predicted octanol–water partition coefficient (Wildman–Crippen LogP) is 2.94. The summed E-state index contributed by atoms with van der Waals surface area (Å²) in [6, 6.07) is 4.20. The Morgan fingerprint density at radius 2 is 1.93 bits per heavy atom. The average molecular weight is 223 g/mol. The highest BCUT2D eigenvalue weighted by Gasteiger charge is 2.04. The van der Waals surface area contributed by atoms with Crippen molar-refractivity contribution in [3.63, 3.8) is 0 Å². The molecule has 0 atom stereocenters. The molecule has 0 saturated heterocycles. The van der Waals surface area contributed by atoms with Crippen LogP contribution in [0.1, 0.15) is 18.3 Å². The first-order valence-electron chi connectivity index (χ1n) is 4.97. The minimum Gasteiger partial charge on any atom is -0.348 e. The second-order valence-electron chi connectivity index (χ2n) is 3.68. The lowest BCUT2D eigenvalue weighted by Crippen LogP contribution is -2.06. The quantitative estimate of drug-likeness (QED) is 0.732. The summed E-state index contributed by atoms with van der Waals surface area (Å²) in [6.07, 6.45) is 0. The van der Waals surface area contributed by atoms with Gasteiger partial charge in [0.2, 0.25) is 5.12 Å². The number of thioether (sulfide) groups is 1. The maximum atomic E-state index is 11.3. The molecule has 0 aliphatic rings. The molecular weight excluding hydrogens is 206 g/mol. The van der Waals surface area contributed by atoms with E-state index < -0.39 is 0 Å². The molecule has 3 heteroatoms. The predicted molar refractivity (Wildman–Crippen MR) is 66.2 cm³/mol. The fraction of sp³-hybridized carbons (Fsp3) is 0.417. The molecule has 0 unspecified atom stereocenters. The monoisotopic (exact) mass is 223 g/mol. The lowest BCUT2D eigenvalue weighted by molar-refractivity contribution is -0.107. The third kappa shape index (κ3) is 3.27. The normalized spacial score (nSPS) is 10.3. The van der Waals surface area contributed by atoms with Gasteiger partial charge in [-0.15, -0.1) is 0 Å². The van der Waals surface area contributed by atoms with Gasteiger partial charge >= 0.3 is 0 Å². The summed E-state index contributed by atoms with van der Waals surface area (Å²) in [5.74, 6) is 0.808. The van der Waals surface area contributed by atoms with Crippen molar-refractivity contribution >= 4 is 16.9 Å². The number of rotatable bonds is 4. The third-order valence-electron chi connectivity index (χ3n) is 2.31. The van der Waals surface area contributed by atoms with Crippen LogP contribution in [0.25, 0.3) is 0 Å². The van der Waals surface area contributed by atoms with Crippen LogP contribution in [0.15, 0.2) is 24.3 Å². The number of carbonyl (C=O) groups is 1. The molecule has 0 fully saturated rings. The highest BCUT2D eigenvalue weighted by molar-refractivity contribution is 8.14. The smallest absolute Gasteiger partial charge is 0.214 e. The van der Waals surface area contributed by atoms with Gasteiger partial charge in [0.05, 0.1) is 0 Å². The van der Waals surface area contributed by atoms with E-state index in [1.165, 1.54) is 23.1 Å². The SMILES string of the molecule is C=C(C)C(=O)SCCn1c(C)ccc1C. The van der Waals surface area contributed by atoms with E-state index in [1.807, 2.05) is 0 Å². The van der Waals surface area contributed by atoms with Gasteiger partial charge in [-0.05, 0) is 38.5 Å². The van der Waals surface area contributed by atoms with Crippen LogP contribution in [0.5, 0.6) is 0 Å². The van der Waals surface area contributed by atoms with E-state index in [0.29, 0.717) is 5.57 Å². The van der Waals surface area contributed by atoms with Crippen LogP contribution >= 0.6 is 11.8 Å². The lowest BCUT2D eigenvalue weighted by atomic mass is 10.4. The summed E-state index contributed by atoms with van der Waals surface area (Å²) in [7, 11) is 0. The molecule has 15 heavy (non-hydrogen) atoms. The molecule has 0 radical (unpaired) electrons. The van der Waals surface area contributed by atoms with Gasteiger partial charge in [0.1, 0.15) is 0 Å². The largest absolute Gasteiger partial charge is 0.348 e. The Hall–Kier alpha value is -0.960. The van der Waals surface area contributed by atoms with Crippen molar-refractivity contribution in [2.24, 2.45) is 0 Å². The standard InChI is InChI=1S/C12H17NOS/c1-9(2)12(14)15-8-7-13-10(3)5-6-11(13)4/h5-6H,1,7-8H2,2-4H3. The van der Waals surface area contributed by atoms with Crippen molar-refractivity contribution in [2.75, 3.05) is 5.75 Å². The van der Waals surface area contributed by atoms with Gasteiger partial charge in [-0.1, -0.05) is 18.3 Å². The average Bonchev–Trinajstić information content (AvgIpc) is 2.48. The number of aromatic nitrogens is 1. The van der Waals surface area contributed by atoms with E-state index >= 15 is 0 Å². The summed E-state index contributed by atoms with van der Waals surface area (Å²) >= 11 is 1.34. The van der Waals surface area contributed by atoms with Gasteiger partial charge < -0.3 is 4.57 Å². The summed E-state index contributed by atoms with van der Waals surface area (Å²) in [6.45, 7) is 10.4. The second-order valence-corrected chi connectivity index (χ2v) is 4.75. The number of carbonyl (C=O) groups excluding carboxylic acids is 1. The minimum atomic E-state index is 0.0949. The van der Waals surface area contributed by atoms with E-state index in [-0.39, 0.29) is 5.12 Å². The molecule has 2 nitrogen and oxygen atoms in total. The van der Waals surface area contributed by atoms with Crippen LogP contribution in [0.3, 0.4) is 0 Å². The van der Waals surface area contributed by atoms with Gasteiger partial charge in [-0.25, -0.2) is 0 Å². The Kier molecular flexibility index (Phi) is 4.21. The number of aryl methyl sites for hydroxylation is 2. The summed E-state index contributed by atoms with van der Waals surface area (Å²) in [5, 5.41) is 0.0949. The lowest BCUT2D eigenvalue weighted by Gasteiger charge is -2.08. The van der Waals surface area contributed by atoms with Gasteiger partial charge in [0.25, 0.3) is 0 Å². The van der Waals surface area contributed by atoms with Crippen LogP contribution in [-0.2, 0) is 11.3 Å². The molecule has 0 aromatic carbocycles. The van der Waals surface area contributed by atoms with Gasteiger partial charge in [-0.3, -0.25) is 4.79 Å². The zero-order valence-corrected chi connectivity index (χ0v) is 10.4. The zero-order valence-electron chi connectivity index (χ0n) is 9.54. The van der Waals surface area contributed by atoms with Crippen molar-refractivity contribution in [3.05, 3.63) is 35.7 Å². The first-order valence-corrected chi connectivity index (χ1v) is 5.96. The van der Waals surface area contributed by atoms with Crippen molar-refractivity contribution in [1.29, 1.82) is 0 Å². The molecule has 0 amide bonds. The number of hydrogen-bond donors (Lipinski definition) is 0. The van der Waals surface area contributed by atoms with E-state index in [1.54, 1.807) is 6.92 Å². The minimum absolute atomic E-state index is 0.0949. The van der Waals surface area contributed by atoms with Gasteiger partial charge in [-0.2, -0.15) is 0 Å². The van der Waals surface area contributed by atoms with E-state index in [0.717, 1.165) is 12.3 Å². The summed E-state index contributed by atoms with van der Waals surface area (Å²) in [5.41, 5.74) is 3.12. The van der Waals surface area contributed by atoms with Crippen molar-refractivity contribution in [2.45, 2.75) is 27.3 Å². The van der Waals surface area contributed by atoms with Crippen LogP contribution in [0, 0.1) is 13.8 Å². The van der Waals surface area contributed by atoms with Crippen LogP contribution in [0.4, 0.5) is 0 Å². The van der Waals surface area contributed by atoms with Crippen LogP contribution in [0.2, 0.25) is 0 Å². The summed E-state index contributed by atoms with van der Waals surface area (Å²) in [4.78, 5) is 11.3. The molecule has 0 aliphatic heterocycles. The molecular formula is C12H17NOS. The molecule has 1 aromatic rings. The molecule has 0 aliphatic carbocycles. The molecule has 0 bridgehead atoms.